The lowest BCUT2D eigenvalue weighted by molar-refractivity contribution is -0.111. The number of phenolic OH excluding ortho intramolecular Hbond substituents is 1. The van der Waals surface area contributed by atoms with Gasteiger partial charge in [-0.15, -0.1) is 0 Å². The van der Waals surface area contributed by atoms with Gasteiger partial charge in [0.25, 0.3) is 0 Å². The molecule has 1 amide bonds. The average molecular weight is 284 g/mol. The SMILES string of the molecule is O=C(C=Cc1cccnc1)Nc1ccc(O)cc1C(=O)O. The Bertz CT molecular complexity index is 696. The molecule has 0 radical (unpaired) electrons. The van der Waals surface area contributed by atoms with Crippen LogP contribution in [0.15, 0.2) is 48.8 Å². The van der Waals surface area contributed by atoms with Gasteiger partial charge in [-0.25, -0.2) is 4.79 Å². The van der Waals surface area contributed by atoms with Gasteiger partial charge in [0.05, 0.1) is 11.3 Å². The summed E-state index contributed by atoms with van der Waals surface area (Å²) in [7, 11) is 0. The molecule has 0 aliphatic heterocycles. The van der Waals surface area contributed by atoms with Crippen LogP contribution in [-0.2, 0) is 4.79 Å². The smallest absolute Gasteiger partial charge is 0.337 e. The van der Waals surface area contributed by atoms with Crippen LogP contribution in [0.5, 0.6) is 5.75 Å². The zero-order valence-corrected chi connectivity index (χ0v) is 10.9. The predicted molar refractivity (Wildman–Crippen MR) is 77.0 cm³/mol. The minimum Gasteiger partial charge on any atom is -0.508 e. The topological polar surface area (TPSA) is 99.5 Å². The molecule has 21 heavy (non-hydrogen) atoms. The number of amides is 1. The third-order valence-electron chi connectivity index (χ3n) is 2.60. The van der Waals surface area contributed by atoms with Gasteiger partial charge in [-0.2, -0.15) is 0 Å². The van der Waals surface area contributed by atoms with Crippen LogP contribution in [-0.4, -0.2) is 27.1 Å². The van der Waals surface area contributed by atoms with Gasteiger partial charge in [0.1, 0.15) is 5.75 Å². The number of nitrogens with one attached hydrogen (secondary N) is 1. The zero-order chi connectivity index (χ0) is 15.2. The molecule has 0 atom stereocenters. The Morgan fingerprint density at radius 3 is 2.71 bits per heavy atom. The van der Waals surface area contributed by atoms with Crippen molar-refractivity contribution in [1.29, 1.82) is 0 Å². The lowest BCUT2D eigenvalue weighted by Crippen LogP contribution is -2.11. The van der Waals surface area contributed by atoms with Crippen molar-refractivity contribution in [3.8, 4) is 5.75 Å². The number of rotatable bonds is 4. The fourth-order valence-electron chi connectivity index (χ4n) is 1.64. The van der Waals surface area contributed by atoms with Gasteiger partial charge in [0.15, 0.2) is 0 Å². The fourth-order valence-corrected chi connectivity index (χ4v) is 1.64. The third-order valence-corrected chi connectivity index (χ3v) is 2.60. The van der Waals surface area contributed by atoms with E-state index in [-0.39, 0.29) is 17.0 Å². The number of aromatic carboxylic acids is 1. The number of carbonyl (C=O) groups excluding carboxylic acids is 1. The maximum Gasteiger partial charge on any atom is 0.337 e. The Morgan fingerprint density at radius 1 is 1.24 bits per heavy atom. The normalized spacial score (nSPS) is 10.5. The molecule has 0 saturated carbocycles. The Kier molecular flexibility index (Phi) is 4.30. The molecule has 0 bridgehead atoms. The molecule has 0 fully saturated rings. The third kappa shape index (κ3) is 3.90. The van der Waals surface area contributed by atoms with E-state index in [0.717, 1.165) is 11.6 Å². The maximum absolute atomic E-state index is 11.8. The van der Waals surface area contributed by atoms with Gasteiger partial charge in [-0.1, -0.05) is 6.07 Å². The number of carboxylic acids is 1. The van der Waals surface area contributed by atoms with E-state index < -0.39 is 11.9 Å². The summed E-state index contributed by atoms with van der Waals surface area (Å²) in [5.74, 6) is -1.90. The van der Waals surface area contributed by atoms with Crippen LogP contribution in [0.3, 0.4) is 0 Å². The predicted octanol–water partition coefficient (Wildman–Crippen LogP) is 2.14. The largest absolute Gasteiger partial charge is 0.508 e. The number of pyridine rings is 1. The second kappa shape index (κ2) is 6.33. The van der Waals surface area contributed by atoms with Crippen LogP contribution >= 0.6 is 0 Å². The first kappa shape index (κ1) is 14.3. The van der Waals surface area contributed by atoms with E-state index in [9.17, 15) is 14.7 Å². The maximum atomic E-state index is 11.8. The molecule has 0 unspecified atom stereocenters. The van der Waals surface area contributed by atoms with Crippen LogP contribution in [0.4, 0.5) is 5.69 Å². The van der Waals surface area contributed by atoms with Crippen LogP contribution < -0.4 is 5.32 Å². The van der Waals surface area contributed by atoms with Crippen molar-refractivity contribution >= 4 is 23.6 Å². The van der Waals surface area contributed by atoms with Crippen molar-refractivity contribution in [2.24, 2.45) is 0 Å². The summed E-state index contributed by atoms with van der Waals surface area (Å²) in [5.41, 5.74) is 0.677. The van der Waals surface area contributed by atoms with Crippen molar-refractivity contribution in [3.63, 3.8) is 0 Å². The van der Waals surface area contributed by atoms with E-state index in [2.05, 4.69) is 10.3 Å². The number of hydrogen-bond donors (Lipinski definition) is 3. The van der Waals surface area contributed by atoms with Crippen LogP contribution in [0.25, 0.3) is 6.08 Å². The van der Waals surface area contributed by atoms with E-state index in [1.807, 2.05) is 0 Å². The van der Waals surface area contributed by atoms with Crippen molar-refractivity contribution in [2.75, 3.05) is 5.32 Å². The molecule has 6 nitrogen and oxygen atoms in total. The van der Waals surface area contributed by atoms with Gasteiger partial charge < -0.3 is 15.5 Å². The number of aromatic hydroxyl groups is 1. The van der Waals surface area contributed by atoms with E-state index >= 15 is 0 Å². The summed E-state index contributed by atoms with van der Waals surface area (Å²) in [4.78, 5) is 26.7. The van der Waals surface area contributed by atoms with E-state index in [4.69, 9.17) is 5.11 Å². The highest BCUT2D eigenvalue weighted by Crippen LogP contribution is 2.21. The minimum atomic E-state index is -1.24. The van der Waals surface area contributed by atoms with E-state index in [1.165, 1.54) is 18.2 Å². The lowest BCUT2D eigenvalue weighted by Gasteiger charge is -2.06. The van der Waals surface area contributed by atoms with E-state index in [1.54, 1.807) is 30.6 Å². The van der Waals surface area contributed by atoms with Crippen molar-refractivity contribution in [3.05, 3.63) is 59.9 Å². The molecule has 6 heteroatoms. The molecule has 2 aromatic rings. The number of aromatic nitrogens is 1. The number of carboxylic acid groups (broad SMARTS) is 1. The average Bonchev–Trinajstić information content (AvgIpc) is 2.48. The minimum absolute atomic E-state index is 0.112. The molecule has 0 aliphatic rings. The molecule has 0 saturated heterocycles. The summed E-state index contributed by atoms with van der Waals surface area (Å²) in [6, 6.07) is 7.21. The second-order valence-corrected chi connectivity index (χ2v) is 4.14. The number of phenols is 1. The quantitative estimate of drug-likeness (QED) is 0.590. The number of benzene rings is 1. The Balaban J connectivity index is 2.13. The molecule has 0 aliphatic carbocycles. The highest BCUT2D eigenvalue weighted by Gasteiger charge is 2.12. The zero-order valence-electron chi connectivity index (χ0n) is 10.9. The lowest BCUT2D eigenvalue weighted by atomic mass is 10.1. The first-order chi connectivity index (χ1) is 10.1. The monoisotopic (exact) mass is 284 g/mol. The second-order valence-electron chi connectivity index (χ2n) is 4.14. The fraction of sp³-hybridized carbons (Fsp3) is 0. The molecule has 0 spiro atoms. The highest BCUT2D eigenvalue weighted by molar-refractivity contribution is 6.06. The Morgan fingerprint density at radius 2 is 2.05 bits per heavy atom. The first-order valence-corrected chi connectivity index (χ1v) is 6.01. The number of nitrogens with zero attached hydrogens (tertiary/aromatic N) is 1. The molecule has 106 valence electrons. The summed E-state index contributed by atoms with van der Waals surface area (Å²) >= 11 is 0. The standard InChI is InChI=1S/C15H12N2O4/c18-11-4-5-13(12(8-11)15(20)21)17-14(19)6-3-10-2-1-7-16-9-10/h1-9,18H,(H,17,19)(H,20,21). The number of hydrogen-bond acceptors (Lipinski definition) is 4. The molecule has 2 rings (SSSR count). The van der Waals surface area contributed by atoms with E-state index in [0.29, 0.717) is 0 Å². The molecule has 3 N–H and O–H groups in total. The van der Waals surface area contributed by atoms with Gasteiger partial charge in [0.2, 0.25) is 5.91 Å². The number of anilines is 1. The Labute approximate surface area is 120 Å². The summed E-state index contributed by atoms with van der Waals surface area (Å²) < 4.78 is 0. The van der Waals surface area contributed by atoms with Crippen molar-refractivity contribution in [1.82, 2.24) is 4.98 Å². The first-order valence-electron chi connectivity index (χ1n) is 6.01. The molecular formula is C15H12N2O4. The van der Waals surface area contributed by atoms with Crippen LogP contribution in [0.2, 0.25) is 0 Å². The summed E-state index contributed by atoms with van der Waals surface area (Å²) in [5, 5.41) is 20.7. The van der Waals surface area contributed by atoms with Gasteiger partial charge in [-0.05, 0) is 35.9 Å². The molecule has 1 aromatic carbocycles. The summed E-state index contributed by atoms with van der Waals surface area (Å²) in [6.45, 7) is 0. The summed E-state index contributed by atoms with van der Waals surface area (Å²) in [6.07, 6.45) is 6.04. The molecular weight excluding hydrogens is 272 g/mol. The van der Waals surface area contributed by atoms with Crippen LogP contribution in [0.1, 0.15) is 15.9 Å². The van der Waals surface area contributed by atoms with Gasteiger partial charge in [0, 0.05) is 18.5 Å². The molecule has 1 heterocycles. The van der Waals surface area contributed by atoms with Crippen molar-refractivity contribution in [2.45, 2.75) is 0 Å². The molecule has 1 aromatic heterocycles. The van der Waals surface area contributed by atoms with Crippen molar-refractivity contribution < 1.29 is 19.8 Å². The number of carbonyl (C=O) groups is 2. The van der Waals surface area contributed by atoms with Crippen LogP contribution in [0, 0.1) is 0 Å². The highest BCUT2D eigenvalue weighted by atomic mass is 16.4. The Hall–Kier alpha value is -3.15. The van der Waals surface area contributed by atoms with Gasteiger partial charge >= 0.3 is 5.97 Å². The van der Waals surface area contributed by atoms with Gasteiger partial charge in [-0.3, -0.25) is 9.78 Å².